The standard InChI is InChI=1S/C22H21N5/c1-3-16-8-4-7-15(2)20(16)26-19-12-14-24-22(27-19)25-18-11-5-9-17-10-6-13-23-21(17)18/h4-14H,3H2,1-2H3,(H2,24,25,26,27). The fourth-order valence-corrected chi connectivity index (χ4v) is 3.14. The molecule has 4 rings (SSSR count). The van der Waals surface area contributed by atoms with E-state index in [0.29, 0.717) is 5.95 Å². The Kier molecular flexibility index (Phi) is 4.66. The van der Waals surface area contributed by atoms with Crippen LogP contribution < -0.4 is 10.6 Å². The molecule has 0 aliphatic carbocycles. The predicted octanol–water partition coefficient (Wildman–Crippen LogP) is 5.38. The molecule has 5 heteroatoms. The molecular weight excluding hydrogens is 334 g/mol. The van der Waals surface area contributed by atoms with Crippen molar-refractivity contribution in [2.24, 2.45) is 0 Å². The molecule has 0 saturated carbocycles. The molecule has 0 atom stereocenters. The lowest BCUT2D eigenvalue weighted by molar-refractivity contribution is 1.12. The summed E-state index contributed by atoms with van der Waals surface area (Å²) < 4.78 is 0. The van der Waals surface area contributed by atoms with Crippen molar-refractivity contribution >= 4 is 34.0 Å². The first-order valence-corrected chi connectivity index (χ1v) is 9.04. The molecular formula is C22H21N5. The highest BCUT2D eigenvalue weighted by Gasteiger charge is 2.08. The van der Waals surface area contributed by atoms with Gasteiger partial charge in [-0.2, -0.15) is 4.98 Å². The average molecular weight is 355 g/mol. The van der Waals surface area contributed by atoms with Crippen molar-refractivity contribution in [1.82, 2.24) is 15.0 Å². The molecule has 0 amide bonds. The largest absolute Gasteiger partial charge is 0.340 e. The zero-order valence-corrected chi connectivity index (χ0v) is 15.4. The first-order valence-electron chi connectivity index (χ1n) is 9.04. The molecule has 4 aromatic rings. The van der Waals surface area contributed by atoms with Crippen LogP contribution in [-0.4, -0.2) is 15.0 Å². The van der Waals surface area contributed by atoms with Crippen LogP contribution in [0.1, 0.15) is 18.1 Å². The summed E-state index contributed by atoms with van der Waals surface area (Å²) in [6.07, 6.45) is 4.50. The SMILES string of the molecule is CCc1cccc(C)c1Nc1ccnc(Nc2cccc3cccnc23)n1. The van der Waals surface area contributed by atoms with Crippen molar-refractivity contribution in [2.45, 2.75) is 20.3 Å². The van der Waals surface area contributed by atoms with Crippen molar-refractivity contribution in [2.75, 3.05) is 10.6 Å². The van der Waals surface area contributed by atoms with E-state index in [4.69, 9.17) is 0 Å². The van der Waals surface area contributed by atoms with Gasteiger partial charge in [0.15, 0.2) is 0 Å². The van der Waals surface area contributed by atoms with E-state index >= 15 is 0 Å². The zero-order chi connectivity index (χ0) is 18.6. The van der Waals surface area contributed by atoms with Crippen molar-refractivity contribution in [3.63, 3.8) is 0 Å². The lowest BCUT2D eigenvalue weighted by Gasteiger charge is -2.14. The summed E-state index contributed by atoms with van der Waals surface area (Å²) in [5.41, 5.74) is 5.35. The Labute approximate surface area is 158 Å². The van der Waals surface area contributed by atoms with Crippen LogP contribution in [-0.2, 0) is 6.42 Å². The predicted molar refractivity (Wildman–Crippen MR) is 111 cm³/mol. The third-order valence-electron chi connectivity index (χ3n) is 4.53. The summed E-state index contributed by atoms with van der Waals surface area (Å²) >= 11 is 0. The van der Waals surface area contributed by atoms with Crippen LogP contribution in [0.15, 0.2) is 67.0 Å². The van der Waals surface area contributed by atoms with Crippen LogP contribution in [0.3, 0.4) is 0 Å². The maximum Gasteiger partial charge on any atom is 0.229 e. The average Bonchev–Trinajstić information content (AvgIpc) is 2.70. The maximum absolute atomic E-state index is 4.63. The number of hydrogen-bond acceptors (Lipinski definition) is 5. The lowest BCUT2D eigenvalue weighted by atomic mass is 10.1. The first-order chi connectivity index (χ1) is 13.2. The number of aromatic nitrogens is 3. The Balaban J connectivity index is 1.64. The molecule has 0 fully saturated rings. The van der Waals surface area contributed by atoms with Gasteiger partial charge in [0.1, 0.15) is 5.82 Å². The Morgan fingerprint density at radius 1 is 0.852 bits per heavy atom. The van der Waals surface area contributed by atoms with E-state index in [9.17, 15) is 0 Å². The summed E-state index contributed by atoms with van der Waals surface area (Å²) in [5, 5.41) is 7.81. The second kappa shape index (κ2) is 7.41. The van der Waals surface area contributed by atoms with Gasteiger partial charge in [-0.3, -0.25) is 4.98 Å². The van der Waals surface area contributed by atoms with E-state index in [0.717, 1.165) is 34.5 Å². The Hall–Kier alpha value is -3.47. The number of aryl methyl sites for hydroxylation is 2. The number of nitrogens with zero attached hydrogens (tertiary/aromatic N) is 3. The van der Waals surface area contributed by atoms with Crippen molar-refractivity contribution in [3.05, 3.63) is 78.1 Å². The summed E-state index contributed by atoms with van der Waals surface area (Å²) in [4.78, 5) is 13.5. The number of rotatable bonds is 5. The smallest absolute Gasteiger partial charge is 0.229 e. The van der Waals surface area contributed by atoms with E-state index in [-0.39, 0.29) is 0 Å². The third kappa shape index (κ3) is 3.58. The van der Waals surface area contributed by atoms with Crippen LogP contribution >= 0.6 is 0 Å². The molecule has 134 valence electrons. The summed E-state index contributed by atoms with van der Waals surface area (Å²) in [7, 11) is 0. The van der Waals surface area contributed by atoms with Gasteiger partial charge in [0.25, 0.3) is 0 Å². The van der Waals surface area contributed by atoms with E-state index in [2.05, 4.69) is 57.6 Å². The molecule has 0 aliphatic heterocycles. The zero-order valence-electron chi connectivity index (χ0n) is 15.4. The number of anilines is 4. The Morgan fingerprint density at radius 3 is 2.59 bits per heavy atom. The van der Waals surface area contributed by atoms with Crippen LogP contribution in [0.2, 0.25) is 0 Å². The van der Waals surface area contributed by atoms with Crippen molar-refractivity contribution < 1.29 is 0 Å². The van der Waals surface area contributed by atoms with Gasteiger partial charge in [-0.05, 0) is 42.7 Å². The molecule has 2 aromatic carbocycles. The van der Waals surface area contributed by atoms with E-state index < -0.39 is 0 Å². The van der Waals surface area contributed by atoms with Gasteiger partial charge in [0.05, 0.1) is 11.2 Å². The van der Waals surface area contributed by atoms with Gasteiger partial charge in [-0.1, -0.05) is 43.3 Å². The molecule has 0 aliphatic rings. The number of fused-ring (bicyclic) bond motifs is 1. The van der Waals surface area contributed by atoms with Crippen LogP contribution in [0, 0.1) is 6.92 Å². The summed E-state index contributed by atoms with van der Waals surface area (Å²) in [6.45, 7) is 4.25. The first kappa shape index (κ1) is 17.0. The second-order valence-electron chi connectivity index (χ2n) is 6.36. The van der Waals surface area contributed by atoms with Crippen molar-refractivity contribution in [3.8, 4) is 0 Å². The Morgan fingerprint density at radius 2 is 1.70 bits per heavy atom. The molecule has 0 saturated heterocycles. The van der Waals surface area contributed by atoms with Crippen molar-refractivity contribution in [1.29, 1.82) is 0 Å². The van der Waals surface area contributed by atoms with Gasteiger partial charge >= 0.3 is 0 Å². The van der Waals surface area contributed by atoms with Gasteiger partial charge in [-0.15, -0.1) is 0 Å². The highest BCUT2D eigenvalue weighted by atomic mass is 15.1. The number of para-hydroxylation sites is 2. The van der Waals surface area contributed by atoms with Gasteiger partial charge in [0.2, 0.25) is 5.95 Å². The molecule has 5 nitrogen and oxygen atoms in total. The summed E-state index contributed by atoms with van der Waals surface area (Å²) in [6, 6.07) is 18.2. The minimum atomic E-state index is 0.532. The monoisotopic (exact) mass is 355 g/mol. The number of nitrogens with one attached hydrogen (secondary N) is 2. The van der Waals surface area contributed by atoms with Crippen LogP contribution in [0.4, 0.5) is 23.1 Å². The molecule has 2 aromatic heterocycles. The molecule has 0 bridgehead atoms. The van der Waals surface area contributed by atoms with Gasteiger partial charge < -0.3 is 10.6 Å². The normalized spacial score (nSPS) is 10.7. The van der Waals surface area contributed by atoms with Crippen LogP contribution in [0.25, 0.3) is 10.9 Å². The van der Waals surface area contributed by atoms with E-state index in [1.165, 1.54) is 11.1 Å². The third-order valence-corrected chi connectivity index (χ3v) is 4.53. The fraction of sp³-hybridized carbons (Fsp3) is 0.136. The quantitative estimate of drug-likeness (QED) is 0.503. The maximum atomic E-state index is 4.63. The molecule has 0 radical (unpaired) electrons. The van der Waals surface area contributed by atoms with E-state index in [1.807, 2.05) is 36.4 Å². The fourth-order valence-electron chi connectivity index (χ4n) is 3.14. The highest BCUT2D eigenvalue weighted by Crippen LogP contribution is 2.26. The van der Waals surface area contributed by atoms with Crippen LogP contribution in [0.5, 0.6) is 0 Å². The number of pyridine rings is 1. The molecule has 2 heterocycles. The summed E-state index contributed by atoms with van der Waals surface area (Å²) in [5.74, 6) is 1.29. The molecule has 0 spiro atoms. The van der Waals surface area contributed by atoms with Gasteiger partial charge in [0, 0.05) is 23.5 Å². The molecule has 2 N–H and O–H groups in total. The second-order valence-corrected chi connectivity index (χ2v) is 6.36. The number of hydrogen-bond donors (Lipinski definition) is 2. The number of benzene rings is 2. The Bertz CT molecular complexity index is 1090. The highest BCUT2D eigenvalue weighted by molar-refractivity contribution is 5.91. The lowest BCUT2D eigenvalue weighted by Crippen LogP contribution is -2.03. The topological polar surface area (TPSA) is 62.7 Å². The minimum absolute atomic E-state index is 0.532. The minimum Gasteiger partial charge on any atom is -0.340 e. The van der Waals surface area contributed by atoms with E-state index in [1.54, 1.807) is 12.4 Å². The molecule has 27 heavy (non-hydrogen) atoms. The van der Waals surface area contributed by atoms with Gasteiger partial charge in [-0.25, -0.2) is 4.98 Å². The molecule has 0 unspecified atom stereocenters.